The lowest BCUT2D eigenvalue weighted by Gasteiger charge is -2.23. The molecule has 1 amide bonds. The molecule has 0 aromatic heterocycles. The number of amides is 1. The average molecular weight is 325 g/mol. The molecule has 1 aromatic carbocycles. The van der Waals surface area contributed by atoms with E-state index in [2.05, 4.69) is 0 Å². The second-order valence-corrected chi connectivity index (χ2v) is 4.65. The topological polar surface area (TPSA) is 29.5 Å². The molecule has 0 aliphatic rings. The molecule has 0 bridgehead atoms. The SMILES string of the molecule is CCCCN(CC(F)(F)F)C(=O)COc1ccc(F)cc1F. The van der Waals surface area contributed by atoms with Crippen LogP contribution in [-0.4, -0.2) is 36.7 Å². The molecule has 0 radical (unpaired) electrons. The molecule has 3 nitrogen and oxygen atoms in total. The second-order valence-electron chi connectivity index (χ2n) is 4.65. The zero-order valence-electron chi connectivity index (χ0n) is 11.9. The summed E-state index contributed by atoms with van der Waals surface area (Å²) in [4.78, 5) is 12.4. The predicted octanol–water partition coefficient (Wildman–Crippen LogP) is 3.53. The molecule has 0 aliphatic heterocycles. The summed E-state index contributed by atoms with van der Waals surface area (Å²) in [6.45, 7) is -0.422. The summed E-state index contributed by atoms with van der Waals surface area (Å²) < 4.78 is 68.1. The summed E-state index contributed by atoms with van der Waals surface area (Å²) in [5.74, 6) is -3.15. The van der Waals surface area contributed by atoms with E-state index in [0.29, 0.717) is 23.8 Å². The maximum atomic E-state index is 13.3. The molecule has 0 aliphatic carbocycles. The molecule has 124 valence electrons. The summed E-state index contributed by atoms with van der Waals surface area (Å²) in [5.41, 5.74) is 0. The number of halogens is 5. The van der Waals surface area contributed by atoms with Gasteiger partial charge in [-0.2, -0.15) is 13.2 Å². The molecular formula is C14H16F5NO2. The molecule has 0 spiro atoms. The van der Waals surface area contributed by atoms with Crippen LogP contribution in [0.5, 0.6) is 5.75 Å². The zero-order chi connectivity index (χ0) is 16.8. The van der Waals surface area contributed by atoms with Gasteiger partial charge in [-0.3, -0.25) is 4.79 Å². The van der Waals surface area contributed by atoms with Gasteiger partial charge in [0.15, 0.2) is 18.2 Å². The first-order valence-electron chi connectivity index (χ1n) is 6.65. The first kappa shape index (κ1) is 18.2. The Bertz CT molecular complexity index is 504. The Hall–Kier alpha value is -1.86. The average Bonchev–Trinajstić information content (AvgIpc) is 2.41. The monoisotopic (exact) mass is 325 g/mol. The number of unbranched alkanes of at least 4 members (excludes halogenated alkanes) is 1. The third kappa shape index (κ3) is 6.28. The van der Waals surface area contributed by atoms with Crippen LogP contribution in [0.3, 0.4) is 0 Å². The predicted molar refractivity (Wildman–Crippen MR) is 69.4 cm³/mol. The Labute approximate surface area is 124 Å². The number of alkyl halides is 3. The van der Waals surface area contributed by atoms with Crippen LogP contribution >= 0.6 is 0 Å². The Kier molecular flexibility index (Phi) is 6.58. The van der Waals surface area contributed by atoms with Crippen LogP contribution < -0.4 is 4.74 Å². The van der Waals surface area contributed by atoms with Gasteiger partial charge in [0.2, 0.25) is 0 Å². The maximum Gasteiger partial charge on any atom is 0.406 e. The van der Waals surface area contributed by atoms with Crippen LogP contribution in [0.1, 0.15) is 19.8 Å². The number of carbonyl (C=O) groups excluding carboxylic acids is 1. The molecule has 1 aromatic rings. The summed E-state index contributed by atoms with van der Waals surface area (Å²) in [5, 5.41) is 0. The first-order chi connectivity index (χ1) is 10.2. The van der Waals surface area contributed by atoms with Gasteiger partial charge < -0.3 is 9.64 Å². The molecular weight excluding hydrogens is 309 g/mol. The van der Waals surface area contributed by atoms with Gasteiger partial charge in [-0.25, -0.2) is 8.78 Å². The van der Waals surface area contributed by atoms with E-state index in [9.17, 15) is 26.7 Å². The minimum atomic E-state index is -4.52. The molecule has 0 fully saturated rings. The minimum Gasteiger partial charge on any atom is -0.481 e. The highest BCUT2D eigenvalue weighted by atomic mass is 19.4. The van der Waals surface area contributed by atoms with Gasteiger partial charge in [0.05, 0.1) is 0 Å². The van der Waals surface area contributed by atoms with Crippen molar-refractivity contribution < 1.29 is 31.5 Å². The van der Waals surface area contributed by atoms with E-state index >= 15 is 0 Å². The molecule has 0 saturated heterocycles. The van der Waals surface area contributed by atoms with Crippen LogP contribution in [-0.2, 0) is 4.79 Å². The smallest absolute Gasteiger partial charge is 0.406 e. The quantitative estimate of drug-likeness (QED) is 0.718. The third-order valence-corrected chi connectivity index (χ3v) is 2.75. The standard InChI is InChI=1S/C14H16F5NO2/c1-2-3-6-20(9-14(17,18)19)13(21)8-22-12-5-4-10(15)7-11(12)16/h4-5,7H,2-3,6,8-9H2,1H3. The Morgan fingerprint density at radius 1 is 1.27 bits per heavy atom. The van der Waals surface area contributed by atoms with E-state index in [1.54, 1.807) is 6.92 Å². The lowest BCUT2D eigenvalue weighted by Crippen LogP contribution is -2.42. The minimum absolute atomic E-state index is 0.0654. The maximum absolute atomic E-state index is 13.3. The number of hydrogen-bond acceptors (Lipinski definition) is 2. The van der Waals surface area contributed by atoms with Crippen LogP contribution in [0.2, 0.25) is 0 Å². The summed E-state index contributed by atoms with van der Waals surface area (Å²) in [7, 11) is 0. The van der Waals surface area contributed by atoms with Crippen LogP contribution in [0.4, 0.5) is 22.0 Å². The number of carbonyl (C=O) groups is 1. The van der Waals surface area contributed by atoms with Gasteiger partial charge >= 0.3 is 6.18 Å². The highest BCUT2D eigenvalue weighted by molar-refractivity contribution is 5.77. The molecule has 1 rings (SSSR count). The van der Waals surface area contributed by atoms with Crippen molar-refractivity contribution in [2.24, 2.45) is 0 Å². The number of benzene rings is 1. The normalized spacial score (nSPS) is 11.4. The van der Waals surface area contributed by atoms with E-state index in [0.717, 1.165) is 12.1 Å². The van der Waals surface area contributed by atoms with Crippen LogP contribution in [0.25, 0.3) is 0 Å². The molecule has 0 heterocycles. The Morgan fingerprint density at radius 3 is 2.50 bits per heavy atom. The molecule has 8 heteroatoms. The van der Waals surface area contributed by atoms with Crippen molar-refractivity contribution in [2.75, 3.05) is 19.7 Å². The van der Waals surface area contributed by atoms with Crippen molar-refractivity contribution in [2.45, 2.75) is 25.9 Å². The van der Waals surface area contributed by atoms with E-state index in [1.807, 2.05) is 0 Å². The lowest BCUT2D eigenvalue weighted by atomic mass is 10.3. The Morgan fingerprint density at radius 2 is 1.95 bits per heavy atom. The molecule has 0 atom stereocenters. The van der Waals surface area contributed by atoms with Gasteiger partial charge in [0, 0.05) is 12.6 Å². The van der Waals surface area contributed by atoms with E-state index < -0.39 is 42.6 Å². The van der Waals surface area contributed by atoms with Gasteiger partial charge in [-0.1, -0.05) is 13.3 Å². The van der Waals surface area contributed by atoms with Crippen LogP contribution in [0, 0.1) is 11.6 Å². The highest BCUT2D eigenvalue weighted by Gasteiger charge is 2.32. The number of nitrogens with zero attached hydrogens (tertiary/aromatic N) is 1. The second kappa shape index (κ2) is 7.95. The highest BCUT2D eigenvalue weighted by Crippen LogP contribution is 2.19. The summed E-state index contributed by atoms with van der Waals surface area (Å²) >= 11 is 0. The fourth-order valence-corrected chi connectivity index (χ4v) is 1.68. The van der Waals surface area contributed by atoms with Crippen molar-refractivity contribution in [1.29, 1.82) is 0 Å². The van der Waals surface area contributed by atoms with E-state index in [-0.39, 0.29) is 6.54 Å². The van der Waals surface area contributed by atoms with Crippen LogP contribution in [0.15, 0.2) is 18.2 Å². The molecule has 0 unspecified atom stereocenters. The third-order valence-electron chi connectivity index (χ3n) is 2.75. The first-order valence-corrected chi connectivity index (χ1v) is 6.65. The van der Waals surface area contributed by atoms with E-state index in [4.69, 9.17) is 4.74 Å². The molecule has 0 N–H and O–H groups in total. The molecule has 22 heavy (non-hydrogen) atoms. The van der Waals surface area contributed by atoms with Gasteiger partial charge in [0.25, 0.3) is 5.91 Å². The summed E-state index contributed by atoms with van der Waals surface area (Å²) in [6.07, 6.45) is -3.49. The Balaban J connectivity index is 2.65. The van der Waals surface area contributed by atoms with Crippen molar-refractivity contribution in [1.82, 2.24) is 4.90 Å². The number of rotatable bonds is 7. The van der Waals surface area contributed by atoms with Crippen molar-refractivity contribution >= 4 is 5.91 Å². The van der Waals surface area contributed by atoms with Gasteiger partial charge in [-0.05, 0) is 18.6 Å². The van der Waals surface area contributed by atoms with Crippen molar-refractivity contribution in [3.63, 3.8) is 0 Å². The van der Waals surface area contributed by atoms with Crippen molar-refractivity contribution in [3.8, 4) is 5.75 Å². The van der Waals surface area contributed by atoms with E-state index in [1.165, 1.54) is 0 Å². The van der Waals surface area contributed by atoms with Gasteiger partial charge in [0.1, 0.15) is 12.4 Å². The fourth-order valence-electron chi connectivity index (χ4n) is 1.68. The fraction of sp³-hybridized carbons (Fsp3) is 0.500. The summed E-state index contributed by atoms with van der Waals surface area (Å²) in [6, 6.07) is 2.45. The van der Waals surface area contributed by atoms with Crippen molar-refractivity contribution in [3.05, 3.63) is 29.8 Å². The lowest BCUT2D eigenvalue weighted by molar-refractivity contribution is -0.162. The number of hydrogen-bond donors (Lipinski definition) is 0. The largest absolute Gasteiger partial charge is 0.481 e. The number of ether oxygens (including phenoxy) is 1. The zero-order valence-corrected chi connectivity index (χ0v) is 11.9. The van der Waals surface area contributed by atoms with Gasteiger partial charge in [-0.15, -0.1) is 0 Å². The molecule has 0 saturated carbocycles.